The number of aromatic nitrogens is 4. The number of furan rings is 1. The van der Waals surface area contributed by atoms with Crippen LogP contribution in [0.25, 0.3) is 134 Å². The first-order valence-electron chi connectivity index (χ1n) is 24.2. The number of fused-ring (bicyclic) bond motifs is 3. The summed E-state index contributed by atoms with van der Waals surface area (Å²) in [6, 6.07) is 89.0. The molecule has 74 heavy (non-hydrogen) atoms. The summed E-state index contributed by atoms with van der Waals surface area (Å²) in [5, 5.41) is 1.98. The van der Waals surface area contributed by atoms with Crippen LogP contribution in [0.5, 0.6) is 0 Å². The first-order valence-corrected chi connectivity index (χ1v) is 24.2. The Bertz CT molecular complexity index is 3980. The van der Waals surface area contributed by atoms with Crippen molar-refractivity contribution in [2.24, 2.45) is 0 Å². The summed E-state index contributed by atoms with van der Waals surface area (Å²) in [5.74, 6) is 0. The van der Waals surface area contributed by atoms with E-state index < -0.39 is 0 Å². The van der Waals surface area contributed by atoms with Crippen molar-refractivity contribution in [3.05, 3.63) is 267 Å². The van der Waals surface area contributed by atoms with E-state index in [9.17, 15) is 0 Å². The summed E-state index contributed by atoms with van der Waals surface area (Å²) in [6.07, 6.45) is 7.23. The van der Waals surface area contributed by atoms with Gasteiger partial charge in [0.2, 0.25) is 5.71 Å². The molecule has 0 atom stereocenters. The summed E-state index contributed by atoms with van der Waals surface area (Å²) in [5.41, 5.74) is 21.6. The molecule has 0 unspecified atom stereocenters. The maximum absolute atomic E-state index is 6.62. The molecule has 0 spiro atoms. The number of hydrogen-bond donors (Lipinski definition) is 0. The van der Waals surface area contributed by atoms with Gasteiger partial charge >= 0.3 is 20.1 Å². The topological polar surface area (TPSA) is 64.7 Å². The quantitative estimate of drug-likeness (QED) is 0.128. The van der Waals surface area contributed by atoms with Crippen molar-refractivity contribution in [1.29, 1.82) is 0 Å². The van der Waals surface area contributed by atoms with E-state index in [1.807, 2.05) is 79.3 Å². The largest absolute Gasteiger partial charge is 3.00 e. The van der Waals surface area contributed by atoms with Crippen LogP contribution in [-0.2, 0) is 20.1 Å². The second-order valence-electron chi connectivity index (χ2n) is 17.9. The van der Waals surface area contributed by atoms with Crippen LogP contribution in [0.4, 0.5) is 0 Å². The maximum atomic E-state index is 6.62. The van der Waals surface area contributed by atoms with Gasteiger partial charge in [-0.05, 0) is 99.0 Å². The molecule has 348 valence electrons. The molecule has 0 saturated heterocycles. The molecule has 0 aliphatic carbocycles. The third kappa shape index (κ3) is 8.73. The van der Waals surface area contributed by atoms with E-state index in [2.05, 4.69) is 197 Å². The van der Waals surface area contributed by atoms with E-state index in [1.165, 1.54) is 0 Å². The Morgan fingerprint density at radius 3 is 1.22 bits per heavy atom. The van der Waals surface area contributed by atoms with Crippen LogP contribution in [-0.4, -0.2) is 19.9 Å². The van der Waals surface area contributed by atoms with Crippen molar-refractivity contribution in [2.45, 2.75) is 0 Å². The van der Waals surface area contributed by atoms with Crippen molar-refractivity contribution in [1.82, 2.24) is 19.9 Å². The van der Waals surface area contributed by atoms with E-state index in [0.29, 0.717) is 5.71 Å². The summed E-state index contributed by atoms with van der Waals surface area (Å²) < 4.78 is 6.62. The average Bonchev–Trinajstić information content (AvgIpc) is 3.87. The molecule has 0 saturated carbocycles. The zero-order valence-corrected chi connectivity index (χ0v) is 42.1. The third-order valence-electron chi connectivity index (χ3n) is 13.5. The molecule has 0 amide bonds. The number of para-hydroxylation sites is 1. The van der Waals surface area contributed by atoms with E-state index in [1.54, 1.807) is 6.20 Å². The standard InChI is InChI=1S/C68H41N4O.Ir/c1-3-17-55(53(15-1)45-27-31-47(32-28-45)64-24-7-10-37-69-64)50-41-51(56-18-4-2-16-54(56)46-29-33-48(34-30-46)65-25-8-11-38-70-65)43-52(42-50)57-19-5-6-20-58(57)59-36-35-49(66-26-9-12-39-71-66)44-63(59)61-22-13-21-60-62-23-14-40-72-68(62)73-67(60)61;/h1-31,33,36-44H;/q-3;+3. The van der Waals surface area contributed by atoms with Gasteiger partial charge in [0.05, 0.1) is 0 Å². The summed E-state index contributed by atoms with van der Waals surface area (Å²) >= 11 is 0. The Balaban J connectivity index is 0.00000556. The first kappa shape index (κ1) is 45.9. The Kier molecular flexibility index (Phi) is 12.5. The molecular formula is C68H41IrN4O. The van der Waals surface area contributed by atoms with Gasteiger partial charge in [-0.2, -0.15) is 0 Å². The van der Waals surface area contributed by atoms with Gasteiger partial charge in [-0.25, -0.2) is 4.98 Å². The smallest absolute Gasteiger partial charge is 0.437 e. The van der Waals surface area contributed by atoms with Crippen LogP contribution in [0.3, 0.4) is 0 Å². The summed E-state index contributed by atoms with van der Waals surface area (Å²) in [6.45, 7) is 0. The second kappa shape index (κ2) is 20.1. The average molecular weight is 1120 g/mol. The van der Waals surface area contributed by atoms with Gasteiger partial charge in [0.25, 0.3) is 0 Å². The van der Waals surface area contributed by atoms with Gasteiger partial charge in [-0.1, -0.05) is 166 Å². The van der Waals surface area contributed by atoms with Gasteiger partial charge in [-0.15, -0.1) is 83.4 Å². The maximum Gasteiger partial charge on any atom is 3.00 e. The Morgan fingerprint density at radius 2 is 0.716 bits per heavy atom. The molecule has 0 fully saturated rings. The van der Waals surface area contributed by atoms with E-state index in [-0.39, 0.29) is 20.1 Å². The predicted molar refractivity (Wildman–Crippen MR) is 296 cm³/mol. The van der Waals surface area contributed by atoms with Gasteiger partial charge in [0, 0.05) is 41.1 Å². The number of pyridine rings is 4. The van der Waals surface area contributed by atoms with Gasteiger partial charge < -0.3 is 19.4 Å². The molecule has 0 aliphatic heterocycles. The minimum Gasteiger partial charge on any atom is -0.437 e. The molecule has 0 aliphatic rings. The molecule has 0 N–H and O–H groups in total. The molecule has 0 radical (unpaired) electrons. The molecule has 0 bridgehead atoms. The molecular weight excluding hydrogens is 1080 g/mol. The first-order chi connectivity index (χ1) is 36.2. The minimum atomic E-state index is 0. The number of hydrogen-bond acceptors (Lipinski definition) is 5. The number of benzene rings is 8. The molecule has 6 heteroatoms. The Labute approximate surface area is 443 Å². The normalized spacial score (nSPS) is 11.1. The minimum absolute atomic E-state index is 0. The van der Waals surface area contributed by atoms with Gasteiger partial charge in [-0.3, -0.25) is 0 Å². The molecule has 8 aromatic carbocycles. The Morgan fingerprint density at radius 1 is 0.284 bits per heavy atom. The molecule has 5 nitrogen and oxygen atoms in total. The molecule has 13 rings (SSSR count). The fraction of sp³-hybridized carbons (Fsp3) is 0. The van der Waals surface area contributed by atoms with Crippen molar-refractivity contribution >= 4 is 22.1 Å². The van der Waals surface area contributed by atoms with Gasteiger partial charge in [0.15, 0.2) is 0 Å². The fourth-order valence-corrected chi connectivity index (χ4v) is 10.0. The molecule has 5 aromatic heterocycles. The molecule has 13 aromatic rings. The van der Waals surface area contributed by atoms with Crippen LogP contribution in [0, 0.1) is 18.2 Å². The van der Waals surface area contributed by atoms with Crippen molar-refractivity contribution in [2.75, 3.05) is 0 Å². The number of nitrogens with zero attached hydrogens (tertiary/aromatic N) is 4. The van der Waals surface area contributed by atoms with Crippen LogP contribution >= 0.6 is 0 Å². The zero-order valence-electron chi connectivity index (χ0n) is 39.7. The van der Waals surface area contributed by atoms with Crippen molar-refractivity contribution < 1.29 is 24.5 Å². The van der Waals surface area contributed by atoms with E-state index in [4.69, 9.17) is 9.40 Å². The predicted octanol–water partition coefficient (Wildman–Crippen LogP) is 17.2. The van der Waals surface area contributed by atoms with Crippen LogP contribution in [0.15, 0.2) is 254 Å². The number of rotatable bonds is 10. The summed E-state index contributed by atoms with van der Waals surface area (Å²) in [7, 11) is 0. The van der Waals surface area contributed by atoms with Crippen molar-refractivity contribution in [3.8, 4) is 112 Å². The van der Waals surface area contributed by atoms with Crippen LogP contribution in [0.2, 0.25) is 0 Å². The van der Waals surface area contributed by atoms with E-state index in [0.717, 1.165) is 128 Å². The zero-order chi connectivity index (χ0) is 48.5. The SMILES string of the molecule is [Ir+3].[c-]1cc(-c2ccccc2-c2cc(-c3ccccc3-c3c[c-]c(-c4ccccn4)cc3)cc(-c3ccccc3-c3c[c-]c(-c4ccccn4)cc3-c3cccc4c3oc3ncccc34)c2)ccc1-c1ccccn1. The van der Waals surface area contributed by atoms with Crippen molar-refractivity contribution in [3.63, 3.8) is 0 Å². The van der Waals surface area contributed by atoms with E-state index >= 15 is 0 Å². The Hall–Kier alpha value is -9.19. The summed E-state index contributed by atoms with van der Waals surface area (Å²) in [4.78, 5) is 18.5. The molecule has 5 heterocycles. The fourth-order valence-electron chi connectivity index (χ4n) is 10.0. The second-order valence-corrected chi connectivity index (χ2v) is 17.9. The van der Waals surface area contributed by atoms with Crippen LogP contribution in [0.1, 0.15) is 0 Å². The monoisotopic (exact) mass is 1120 g/mol. The third-order valence-corrected chi connectivity index (χ3v) is 13.5. The van der Waals surface area contributed by atoms with Gasteiger partial charge in [0.1, 0.15) is 5.58 Å². The van der Waals surface area contributed by atoms with Crippen LogP contribution < -0.4 is 0 Å².